The lowest BCUT2D eigenvalue weighted by Gasteiger charge is -2.22. The average molecular weight is 328 g/mol. The molecule has 0 aromatic heterocycles. The molecule has 106 valence electrons. The topological polar surface area (TPSA) is 38.3 Å². The van der Waals surface area contributed by atoms with Crippen LogP contribution in [-0.2, 0) is 10.2 Å². The number of ether oxygens (including phenoxy) is 1. The van der Waals surface area contributed by atoms with Crippen LogP contribution in [0.15, 0.2) is 18.2 Å². The Morgan fingerprint density at radius 2 is 1.79 bits per heavy atom. The van der Waals surface area contributed by atoms with Gasteiger partial charge in [-0.1, -0.05) is 42.8 Å². The molecule has 1 aromatic rings. The van der Waals surface area contributed by atoms with Crippen LogP contribution >= 0.6 is 15.9 Å². The fraction of sp³-hybridized carbons (Fsp3) is 0.533. The van der Waals surface area contributed by atoms with E-state index in [4.69, 9.17) is 4.74 Å². The Hall–Kier alpha value is -1.03. The minimum atomic E-state index is -0.615. The van der Waals surface area contributed by atoms with Crippen LogP contribution in [0.5, 0.6) is 5.75 Å². The molecule has 4 heteroatoms. The zero-order valence-corrected chi connectivity index (χ0v) is 14.0. The van der Waals surface area contributed by atoms with Gasteiger partial charge >= 0.3 is 0 Å². The molecule has 1 aromatic carbocycles. The summed E-state index contributed by atoms with van der Waals surface area (Å²) in [5.41, 5.74) is 1.87. The van der Waals surface area contributed by atoms with E-state index in [2.05, 4.69) is 42.0 Å². The van der Waals surface area contributed by atoms with Crippen molar-refractivity contribution >= 4 is 27.5 Å². The molecule has 0 aliphatic heterocycles. The van der Waals surface area contributed by atoms with Crippen molar-refractivity contribution in [2.45, 2.75) is 44.4 Å². The molecule has 0 aliphatic rings. The molecule has 3 nitrogen and oxygen atoms in total. The fourth-order valence-electron chi connectivity index (χ4n) is 1.54. The number of anilines is 1. The monoisotopic (exact) mass is 327 g/mol. The van der Waals surface area contributed by atoms with Crippen molar-refractivity contribution in [2.24, 2.45) is 0 Å². The average Bonchev–Trinajstić information content (AvgIpc) is 2.26. The number of rotatable bonds is 3. The molecule has 0 heterocycles. The zero-order valence-electron chi connectivity index (χ0n) is 12.4. The molecule has 0 radical (unpaired) electrons. The highest BCUT2D eigenvalue weighted by molar-refractivity contribution is 9.10. The second-order valence-electron chi connectivity index (χ2n) is 6.09. The molecular weight excluding hydrogens is 306 g/mol. The molecule has 0 unspecified atom stereocenters. The molecule has 1 N–H and O–H groups in total. The first-order valence-corrected chi connectivity index (χ1v) is 7.04. The van der Waals surface area contributed by atoms with Crippen molar-refractivity contribution in [1.29, 1.82) is 0 Å². The summed E-state index contributed by atoms with van der Waals surface area (Å²) in [5, 5.41) is 2.90. The third-order valence-corrected chi connectivity index (χ3v) is 3.21. The first-order valence-electron chi connectivity index (χ1n) is 6.24. The Bertz CT molecular complexity index is 470. The van der Waals surface area contributed by atoms with E-state index < -0.39 is 4.32 Å². The number of methoxy groups -OCH3 is 1. The lowest BCUT2D eigenvalue weighted by atomic mass is 9.87. The molecular formula is C15H22BrNO2. The summed E-state index contributed by atoms with van der Waals surface area (Å²) in [4.78, 5) is 12.0. The highest BCUT2D eigenvalue weighted by Crippen LogP contribution is 2.32. The molecule has 0 aliphatic carbocycles. The van der Waals surface area contributed by atoms with E-state index in [1.165, 1.54) is 0 Å². The highest BCUT2D eigenvalue weighted by atomic mass is 79.9. The smallest absolute Gasteiger partial charge is 0.240 e. The number of hydrogen-bond acceptors (Lipinski definition) is 2. The van der Waals surface area contributed by atoms with E-state index in [0.29, 0.717) is 11.4 Å². The zero-order chi connectivity index (χ0) is 14.8. The maximum Gasteiger partial charge on any atom is 0.240 e. The van der Waals surface area contributed by atoms with Gasteiger partial charge in [-0.3, -0.25) is 4.79 Å². The minimum Gasteiger partial charge on any atom is -0.495 e. The van der Waals surface area contributed by atoms with Crippen LogP contribution in [0.25, 0.3) is 0 Å². The Morgan fingerprint density at radius 1 is 1.21 bits per heavy atom. The lowest BCUT2D eigenvalue weighted by Crippen LogP contribution is -2.31. The number of carbonyl (C=O) groups is 1. The second-order valence-corrected chi connectivity index (χ2v) is 8.07. The number of hydrogen-bond donors (Lipinski definition) is 1. The normalized spacial score (nSPS) is 12.2. The van der Waals surface area contributed by atoms with Gasteiger partial charge in [-0.2, -0.15) is 0 Å². The molecule has 0 fully saturated rings. The molecule has 0 spiro atoms. The van der Waals surface area contributed by atoms with Gasteiger partial charge < -0.3 is 10.1 Å². The van der Waals surface area contributed by atoms with E-state index in [0.717, 1.165) is 5.56 Å². The van der Waals surface area contributed by atoms with Gasteiger partial charge in [-0.05, 0) is 37.0 Å². The van der Waals surface area contributed by atoms with Crippen molar-refractivity contribution in [1.82, 2.24) is 0 Å². The van der Waals surface area contributed by atoms with E-state index in [1.807, 2.05) is 32.0 Å². The van der Waals surface area contributed by atoms with Crippen LogP contribution in [0.2, 0.25) is 0 Å². The summed E-state index contributed by atoms with van der Waals surface area (Å²) in [5.74, 6) is 0.565. The first-order chi connectivity index (χ1) is 8.55. The van der Waals surface area contributed by atoms with Crippen molar-refractivity contribution in [3.05, 3.63) is 23.8 Å². The fourth-order valence-corrected chi connectivity index (χ4v) is 1.64. The number of amides is 1. The minimum absolute atomic E-state index is 0.0235. The molecule has 19 heavy (non-hydrogen) atoms. The maximum absolute atomic E-state index is 12.0. The van der Waals surface area contributed by atoms with Gasteiger partial charge in [0, 0.05) is 0 Å². The maximum atomic E-state index is 12.0. The number of alkyl halides is 1. The van der Waals surface area contributed by atoms with Crippen LogP contribution < -0.4 is 10.1 Å². The summed E-state index contributed by atoms with van der Waals surface area (Å²) in [7, 11) is 1.60. The predicted octanol–water partition coefficient (Wildman–Crippen LogP) is 4.10. The predicted molar refractivity (Wildman–Crippen MR) is 83.3 cm³/mol. The van der Waals surface area contributed by atoms with Crippen LogP contribution in [0.1, 0.15) is 40.2 Å². The molecule has 0 saturated heterocycles. The summed E-state index contributed by atoms with van der Waals surface area (Å²) in [6.45, 7) is 10.0. The highest BCUT2D eigenvalue weighted by Gasteiger charge is 2.25. The van der Waals surface area contributed by atoms with E-state index in [-0.39, 0.29) is 11.3 Å². The van der Waals surface area contributed by atoms with Gasteiger partial charge in [0.25, 0.3) is 0 Å². The van der Waals surface area contributed by atoms with Gasteiger partial charge in [-0.15, -0.1) is 0 Å². The van der Waals surface area contributed by atoms with Crippen LogP contribution in [0.4, 0.5) is 5.69 Å². The van der Waals surface area contributed by atoms with Crippen LogP contribution in [-0.4, -0.2) is 17.3 Å². The Labute approximate surface area is 123 Å². The van der Waals surface area contributed by atoms with Gasteiger partial charge in [0.2, 0.25) is 5.91 Å². The summed E-state index contributed by atoms with van der Waals surface area (Å²) in [6, 6.07) is 5.88. The van der Waals surface area contributed by atoms with E-state index in [9.17, 15) is 4.79 Å². The first kappa shape index (κ1) is 16.0. The summed E-state index contributed by atoms with van der Waals surface area (Å²) >= 11 is 3.35. The van der Waals surface area contributed by atoms with Crippen LogP contribution in [0.3, 0.4) is 0 Å². The largest absolute Gasteiger partial charge is 0.495 e. The number of halogens is 1. The molecule has 0 bridgehead atoms. The quantitative estimate of drug-likeness (QED) is 0.848. The molecule has 0 atom stereocenters. The van der Waals surface area contributed by atoms with Crippen molar-refractivity contribution in [3.63, 3.8) is 0 Å². The van der Waals surface area contributed by atoms with Crippen LogP contribution in [0, 0.1) is 0 Å². The Kier molecular flexibility index (Phi) is 4.67. The number of carbonyl (C=O) groups excluding carboxylic acids is 1. The third-order valence-electron chi connectivity index (χ3n) is 2.85. The standard InChI is InChI=1S/C15H22BrNO2/c1-14(2,3)10-7-8-12(19-6)11(9-10)17-13(18)15(4,5)16/h7-9H,1-6H3,(H,17,18). The molecule has 1 rings (SSSR count). The molecule has 0 saturated carbocycles. The third kappa shape index (κ3) is 4.23. The van der Waals surface area contributed by atoms with Crippen molar-refractivity contribution in [3.8, 4) is 5.75 Å². The van der Waals surface area contributed by atoms with E-state index >= 15 is 0 Å². The lowest BCUT2D eigenvalue weighted by molar-refractivity contribution is -0.117. The summed E-state index contributed by atoms with van der Waals surface area (Å²) < 4.78 is 4.68. The van der Waals surface area contributed by atoms with E-state index in [1.54, 1.807) is 7.11 Å². The SMILES string of the molecule is COc1ccc(C(C)(C)C)cc1NC(=O)C(C)(C)Br. The van der Waals surface area contributed by atoms with Gasteiger partial charge in [0.1, 0.15) is 5.75 Å². The number of nitrogens with one attached hydrogen (secondary N) is 1. The van der Waals surface area contributed by atoms with Crippen molar-refractivity contribution in [2.75, 3.05) is 12.4 Å². The van der Waals surface area contributed by atoms with Crippen molar-refractivity contribution < 1.29 is 9.53 Å². The van der Waals surface area contributed by atoms with Gasteiger partial charge in [0.15, 0.2) is 0 Å². The summed E-state index contributed by atoms with van der Waals surface area (Å²) in [6.07, 6.45) is 0. The Balaban J connectivity index is 3.14. The number of benzene rings is 1. The molecule has 1 amide bonds. The Morgan fingerprint density at radius 3 is 2.21 bits per heavy atom. The second kappa shape index (κ2) is 5.53. The van der Waals surface area contributed by atoms with Gasteiger partial charge in [-0.25, -0.2) is 0 Å². The van der Waals surface area contributed by atoms with Gasteiger partial charge in [0.05, 0.1) is 17.1 Å².